The molecule has 0 fully saturated rings. The second kappa shape index (κ2) is 3.14. The molecule has 0 spiro atoms. The van der Waals surface area contributed by atoms with E-state index in [1.54, 1.807) is 6.07 Å². The molecule has 4 heteroatoms. The number of aromatic nitrogens is 2. The first-order valence-electron chi connectivity index (χ1n) is 4.21. The van der Waals surface area contributed by atoms with Gasteiger partial charge in [-0.1, -0.05) is 6.07 Å². The fourth-order valence-corrected chi connectivity index (χ4v) is 1.36. The standard InChI is InChI=1S/C10H9FN2O/c1-6-2-3-7(11)4-8(6)9-5-10(14)13-12-9/h2-5H,1H3,(H2,12,13,14). The van der Waals surface area contributed by atoms with Crippen LogP contribution in [0.15, 0.2) is 29.1 Å². The highest BCUT2D eigenvalue weighted by Gasteiger charge is 2.05. The van der Waals surface area contributed by atoms with E-state index in [0.717, 1.165) is 5.56 Å². The Morgan fingerprint density at radius 2 is 2.00 bits per heavy atom. The van der Waals surface area contributed by atoms with Crippen LogP contribution in [0, 0.1) is 12.7 Å². The van der Waals surface area contributed by atoms with Crippen molar-refractivity contribution < 1.29 is 4.39 Å². The molecular formula is C10H9FN2O. The van der Waals surface area contributed by atoms with Crippen molar-refractivity contribution in [3.8, 4) is 11.3 Å². The molecule has 2 rings (SSSR count). The molecule has 0 amide bonds. The van der Waals surface area contributed by atoms with Crippen LogP contribution in [0.2, 0.25) is 0 Å². The van der Waals surface area contributed by atoms with Gasteiger partial charge in [-0.05, 0) is 24.6 Å². The van der Waals surface area contributed by atoms with Crippen LogP contribution in [0.25, 0.3) is 11.3 Å². The zero-order valence-electron chi connectivity index (χ0n) is 7.60. The van der Waals surface area contributed by atoms with E-state index in [9.17, 15) is 9.18 Å². The Morgan fingerprint density at radius 3 is 2.64 bits per heavy atom. The van der Waals surface area contributed by atoms with E-state index in [1.807, 2.05) is 6.92 Å². The highest BCUT2D eigenvalue weighted by Crippen LogP contribution is 2.20. The van der Waals surface area contributed by atoms with Gasteiger partial charge in [0.05, 0.1) is 5.69 Å². The number of halogens is 1. The second-order valence-electron chi connectivity index (χ2n) is 3.13. The van der Waals surface area contributed by atoms with Crippen molar-refractivity contribution in [1.82, 2.24) is 10.2 Å². The lowest BCUT2D eigenvalue weighted by Crippen LogP contribution is -1.93. The number of aryl methyl sites for hydroxylation is 1. The molecule has 2 aromatic rings. The molecule has 0 aliphatic rings. The van der Waals surface area contributed by atoms with E-state index in [2.05, 4.69) is 10.2 Å². The Kier molecular flexibility index (Phi) is 1.96. The third-order valence-corrected chi connectivity index (χ3v) is 2.09. The van der Waals surface area contributed by atoms with Crippen molar-refractivity contribution >= 4 is 0 Å². The summed E-state index contributed by atoms with van der Waals surface area (Å²) in [5.74, 6) is -0.312. The van der Waals surface area contributed by atoms with Crippen LogP contribution in [0.4, 0.5) is 4.39 Å². The molecule has 0 saturated heterocycles. The molecule has 72 valence electrons. The zero-order valence-corrected chi connectivity index (χ0v) is 7.60. The summed E-state index contributed by atoms with van der Waals surface area (Å²) in [7, 11) is 0. The number of nitrogens with one attached hydrogen (secondary N) is 2. The zero-order chi connectivity index (χ0) is 10.1. The van der Waals surface area contributed by atoms with E-state index in [1.165, 1.54) is 18.2 Å². The molecule has 2 N–H and O–H groups in total. The topological polar surface area (TPSA) is 48.6 Å². The van der Waals surface area contributed by atoms with Gasteiger partial charge in [0.15, 0.2) is 0 Å². The molecule has 0 aliphatic carbocycles. The lowest BCUT2D eigenvalue weighted by molar-refractivity contribution is 0.628. The quantitative estimate of drug-likeness (QED) is 0.711. The normalized spacial score (nSPS) is 10.4. The minimum atomic E-state index is -0.312. The summed E-state index contributed by atoms with van der Waals surface area (Å²) < 4.78 is 12.9. The summed E-state index contributed by atoms with van der Waals surface area (Å²) in [6.07, 6.45) is 0. The summed E-state index contributed by atoms with van der Waals surface area (Å²) in [6.45, 7) is 1.86. The van der Waals surface area contributed by atoms with Gasteiger partial charge in [-0.25, -0.2) is 4.39 Å². The summed E-state index contributed by atoms with van der Waals surface area (Å²) in [6, 6.07) is 5.87. The molecule has 3 nitrogen and oxygen atoms in total. The van der Waals surface area contributed by atoms with Crippen molar-refractivity contribution in [1.29, 1.82) is 0 Å². The predicted octanol–water partition coefficient (Wildman–Crippen LogP) is 1.82. The number of benzene rings is 1. The van der Waals surface area contributed by atoms with Crippen molar-refractivity contribution in [3.63, 3.8) is 0 Å². The van der Waals surface area contributed by atoms with E-state index in [4.69, 9.17) is 0 Å². The SMILES string of the molecule is Cc1ccc(F)cc1-c1cc(=O)[nH][nH]1. The summed E-state index contributed by atoms with van der Waals surface area (Å²) in [5, 5.41) is 5.10. The molecule has 1 aromatic carbocycles. The van der Waals surface area contributed by atoms with Crippen molar-refractivity contribution in [2.75, 3.05) is 0 Å². The van der Waals surface area contributed by atoms with E-state index in [0.29, 0.717) is 11.3 Å². The molecule has 0 aliphatic heterocycles. The minimum absolute atomic E-state index is 0.219. The van der Waals surface area contributed by atoms with Crippen LogP contribution in [-0.2, 0) is 0 Å². The average Bonchev–Trinajstić information content (AvgIpc) is 2.56. The third-order valence-electron chi connectivity index (χ3n) is 2.09. The van der Waals surface area contributed by atoms with Gasteiger partial charge < -0.3 is 0 Å². The number of rotatable bonds is 1. The van der Waals surface area contributed by atoms with Gasteiger partial charge in [-0.3, -0.25) is 15.0 Å². The second-order valence-corrected chi connectivity index (χ2v) is 3.13. The predicted molar refractivity (Wildman–Crippen MR) is 51.5 cm³/mol. The van der Waals surface area contributed by atoms with Gasteiger partial charge in [0.2, 0.25) is 0 Å². The third kappa shape index (κ3) is 1.46. The van der Waals surface area contributed by atoms with Crippen LogP contribution in [-0.4, -0.2) is 10.2 Å². The van der Waals surface area contributed by atoms with Gasteiger partial charge in [0.1, 0.15) is 5.82 Å². The van der Waals surface area contributed by atoms with E-state index >= 15 is 0 Å². The average molecular weight is 192 g/mol. The van der Waals surface area contributed by atoms with Crippen LogP contribution in [0.1, 0.15) is 5.56 Å². The van der Waals surface area contributed by atoms with Crippen LogP contribution in [0.5, 0.6) is 0 Å². The molecule has 14 heavy (non-hydrogen) atoms. The Balaban J connectivity index is 2.61. The molecule has 1 aromatic heterocycles. The molecule has 1 heterocycles. The molecule has 0 atom stereocenters. The summed E-state index contributed by atoms with van der Waals surface area (Å²) in [5.41, 5.74) is 2.00. The monoisotopic (exact) mass is 192 g/mol. The Hall–Kier alpha value is -1.84. The van der Waals surface area contributed by atoms with Gasteiger partial charge >= 0.3 is 0 Å². The largest absolute Gasteiger partial charge is 0.298 e. The van der Waals surface area contributed by atoms with Gasteiger partial charge in [0.25, 0.3) is 5.56 Å². The molecule has 0 bridgehead atoms. The first kappa shape index (κ1) is 8.74. The molecule has 0 unspecified atom stereocenters. The summed E-state index contributed by atoms with van der Waals surface area (Å²) >= 11 is 0. The maximum Gasteiger partial charge on any atom is 0.264 e. The van der Waals surface area contributed by atoms with Gasteiger partial charge in [0, 0.05) is 11.6 Å². The highest BCUT2D eigenvalue weighted by molar-refractivity contribution is 5.62. The Labute approximate surface area is 79.6 Å². The number of H-pyrrole nitrogens is 2. The number of hydrogen-bond donors (Lipinski definition) is 2. The van der Waals surface area contributed by atoms with Crippen molar-refractivity contribution in [2.24, 2.45) is 0 Å². The van der Waals surface area contributed by atoms with E-state index in [-0.39, 0.29) is 11.4 Å². The van der Waals surface area contributed by atoms with Crippen molar-refractivity contribution in [3.05, 3.63) is 46.0 Å². The van der Waals surface area contributed by atoms with Gasteiger partial charge in [-0.2, -0.15) is 0 Å². The van der Waals surface area contributed by atoms with Crippen molar-refractivity contribution in [2.45, 2.75) is 6.92 Å². The summed E-state index contributed by atoms with van der Waals surface area (Å²) in [4.78, 5) is 10.9. The molecule has 0 saturated carbocycles. The lowest BCUT2D eigenvalue weighted by atomic mass is 10.1. The van der Waals surface area contributed by atoms with Crippen LogP contribution >= 0.6 is 0 Å². The first-order chi connectivity index (χ1) is 6.66. The minimum Gasteiger partial charge on any atom is -0.298 e. The Bertz CT molecular complexity index is 513. The number of aromatic amines is 2. The maximum absolute atomic E-state index is 12.9. The smallest absolute Gasteiger partial charge is 0.264 e. The highest BCUT2D eigenvalue weighted by atomic mass is 19.1. The fraction of sp³-hybridized carbons (Fsp3) is 0.100. The maximum atomic E-state index is 12.9. The molecule has 0 radical (unpaired) electrons. The van der Waals surface area contributed by atoms with Crippen LogP contribution < -0.4 is 5.56 Å². The lowest BCUT2D eigenvalue weighted by Gasteiger charge is -2.02. The fourth-order valence-electron chi connectivity index (χ4n) is 1.36. The number of hydrogen-bond acceptors (Lipinski definition) is 1. The van der Waals surface area contributed by atoms with E-state index < -0.39 is 0 Å². The van der Waals surface area contributed by atoms with Gasteiger partial charge in [-0.15, -0.1) is 0 Å². The van der Waals surface area contributed by atoms with Crippen LogP contribution in [0.3, 0.4) is 0 Å². The Morgan fingerprint density at radius 1 is 1.21 bits per heavy atom. The molecular weight excluding hydrogens is 183 g/mol. The first-order valence-corrected chi connectivity index (χ1v) is 4.21.